The van der Waals surface area contributed by atoms with E-state index in [4.69, 9.17) is 15.5 Å². The minimum absolute atomic E-state index is 0.0641. The number of aromatic nitrogens is 4. The van der Waals surface area contributed by atoms with Gasteiger partial charge in [0.15, 0.2) is 0 Å². The van der Waals surface area contributed by atoms with Crippen LogP contribution in [0.2, 0.25) is 0 Å². The van der Waals surface area contributed by atoms with E-state index in [1.807, 2.05) is 47.2 Å². The van der Waals surface area contributed by atoms with E-state index in [0.717, 1.165) is 28.9 Å². The molecule has 1 atom stereocenters. The van der Waals surface area contributed by atoms with Crippen LogP contribution in [0.15, 0.2) is 55.0 Å². The summed E-state index contributed by atoms with van der Waals surface area (Å²) in [4.78, 5) is 23.3. The third-order valence-electron chi connectivity index (χ3n) is 6.35. The van der Waals surface area contributed by atoms with Gasteiger partial charge >= 0.3 is 0 Å². The van der Waals surface area contributed by atoms with E-state index in [9.17, 15) is 4.79 Å². The Hall–Kier alpha value is -3.98. The summed E-state index contributed by atoms with van der Waals surface area (Å²) < 4.78 is 7.48. The number of rotatable bonds is 6. The Morgan fingerprint density at radius 1 is 1.20 bits per heavy atom. The molecule has 1 amide bonds. The first kappa shape index (κ1) is 22.8. The van der Waals surface area contributed by atoms with Gasteiger partial charge in [0, 0.05) is 41.8 Å². The van der Waals surface area contributed by atoms with Crippen LogP contribution in [-0.2, 0) is 4.79 Å². The number of hydrogen-bond donors (Lipinski definition) is 2. The largest absolute Gasteiger partial charge is 0.494 e. The average Bonchev–Trinajstić information content (AvgIpc) is 3.30. The minimum Gasteiger partial charge on any atom is -0.494 e. The second-order valence-electron chi connectivity index (χ2n) is 9.01. The molecule has 4 aromatic rings. The van der Waals surface area contributed by atoms with Gasteiger partial charge in [-0.15, -0.1) is 0 Å². The number of anilines is 3. The van der Waals surface area contributed by atoms with Crippen LogP contribution in [0.3, 0.4) is 0 Å². The highest BCUT2D eigenvalue weighted by molar-refractivity contribution is 5.98. The van der Waals surface area contributed by atoms with E-state index in [2.05, 4.69) is 35.3 Å². The molecule has 0 spiro atoms. The lowest BCUT2D eigenvalue weighted by atomic mass is 10.0. The normalized spacial score (nSPS) is 16.2. The highest BCUT2D eigenvalue weighted by Gasteiger charge is 2.27. The zero-order valence-corrected chi connectivity index (χ0v) is 20.1. The molecule has 1 fully saturated rings. The van der Waals surface area contributed by atoms with Gasteiger partial charge in [0.25, 0.3) is 0 Å². The van der Waals surface area contributed by atoms with Crippen molar-refractivity contribution in [3.63, 3.8) is 0 Å². The Bertz CT molecular complexity index is 1380. The van der Waals surface area contributed by atoms with Gasteiger partial charge in [0.05, 0.1) is 36.2 Å². The molecule has 1 aliphatic rings. The number of nitrogens with zero attached hydrogens (tertiary/aromatic N) is 5. The predicted molar refractivity (Wildman–Crippen MR) is 136 cm³/mol. The molecule has 3 aromatic heterocycles. The fraction of sp³-hybridized carbons (Fsp3) is 0.308. The van der Waals surface area contributed by atoms with E-state index in [1.165, 1.54) is 5.56 Å². The monoisotopic (exact) mass is 471 g/mol. The molecule has 0 bridgehead atoms. The molecule has 35 heavy (non-hydrogen) atoms. The van der Waals surface area contributed by atoms with Crippen molar-refractivity contribution in [3.05, 3.63) is 60.6 Å². The minimum atomic E-state index is -0.456. The smallest absolute Gasteiger partial charge is 0.243 e. The topological polar surface area (TPSA) is 111 Å². The fourth-order valence-electron chi connectivity index (χ4n) is 4.41. The average molecular weight is 472 g/mol. The molecule has 0 radical (unpaired) electrons. The number of nitrogens with one attached hydrogen (secondary N) is 1. The highest BCUT2D eigenvalue weighted by Crippen LogP contribution is 2.33. The van der Waals surface area contributed by atoms with Crippen molar-refractivity contribution < 1.29 is 9.53 Å². The van der Waals surface area contributed by atoms with Crippen LogP contribution in [-0.4, -0.2) is 45.2 Å². The Morgan fingerprint density at radius 3 is 2.86 bits per heavy atom. The molecule has 0 saturated carbocycles. The molecule has 4 heterocycles. The van der Waals surface area contributed by atoms with Crippen LogP contribution in [0.25, 0.3) is 16.8 Å². The molecule has 1 aliphatic heterocycles. The van der Waals surface area contributed by atoms with E-state index in [-0.39, 0.29) is 5.91 Å². The molecule has 180 valence electrons. The molecule has 5 rings (SSSR count). The Labute approximate surface area is 203 Å². The number of pyridine rings is 1. The van der Waals surface area contributed by atoms with Crippen molar-refractivity contribution in [2.24, 2.45) is 5.73 Å². The number of hydrogen-bond acceptors (Lipinski definition) is 7. The Balaban J connectivity index is 1.42. The third kappa shape index (κ3) is 4.42. The third-order valence-corrected chi connectivity index (χ3v) is 6.35. The molecular weight excluding hydrogens is 442 g/mol. The van der Waals surface area contributed by atoms with Crippen molar-refractivity contribution in [1.82, 2.24) is 19.6 Å². The van der Waals surface area contributed by atoms with Crippen LogP contribution in [0.5, 0.6) is 5.75 Å². The number of carbonyl (C=O) groups excluding carboxylic acids is 1. The number of methoxy groups -OCH3 is 1. The number of amides is 1. The molecule has 3 N–H and O–H groups in total. The number of carbonyl (C=O) groups is 1. The maximum absolute atomic E-state index is 12.5. The van der Waals surface area contributed by atoms with Gasteiger partial charge in [0.2, 0.25) is 11.9 Å². The fourth-order valence-corrected chi connectivity index (χ4v) is 4.41. The van der Waals surface area contributed by atoms with Crippen LogP contribution >= 0.6 is 0 Å². The van der Waals surface area contributed by atoms with Crippen LogP contribution < -0.4 is 20.7 Å². The quantitative estimate of drug-likeness (QED) is 0.435. The SMILES string of the molecule is COc1cc(N2CCCC(N)C2=O)ccc1Nc1nccc(-c2ccn3ncc(C(C)C)c3c2)n1. The molecule has 1 saturated heterocycles. The van der Waals surface area contributed by atoms with Gasteiger partial charge < -0.3 is 20.7 Å². The standard InChI is InChI=1S/C26H29N7O2/c1-16(2)19-15-29-33-12-9-17(13-23(19)33)21-8-10-28-26(30-21)31-22-7-6-18(14-24(22)35-3)32-11-4-5-20(27)25(32)34/h6-10,12-16,20H,4-5,11,27H2,1-3H3,(H,28,30,31). The van der Waals surface area contributed by atoms with E-state index in [0.29, 0.717) is 36.3 Å². The van der Waals surface area contributed by atoms with E-state index in [1.54, 1.807) is 18.2 Å². The van der Waals surface area contributed by atoms with Gasteiger partial charge in [-0.25, -0.2) is 14.5 Å². The number of nitrogens with two attached hydrogens (primary N) is 1. The van der Waals surface area contributed by atoms with Gasteiger partial charge in [0.1, 0.15) is 5.75 Å². The summed E-state index contributed by atoms with van der Waals surface area (Å²) in [5.74, 6) is 1.34. The van der Waals surface area contributed by atoms with Crippen LogP contribution in [0, 0.1) is 0 Å². The summed E-state index contributed by atoms with van der Waals surface area (Å²) in [5, 5.41) is 7.70. The maximum atomic E-state index is 12.5. The summed E-state index contributed by atoms with van der Waals surface area (Å²) in [6, 6.07) is 11.1. The maximum Gasteiger partial charge on any atom is 0.243 e. The number of ether oxygens (including phenoxy) is 1. The lowest BCUT2D eigenvalue weighted by Crippen LogP contribution is -2.48. The van der Waals surface area contributed by atoms with E-state index < -0.39 is 6.04 Å². The molecule has 1 aromatic carbocycles. The molecule has 0 aliphatic carbocycles. The summed E-state index contributed by atoms with van der Waals surface area (Å²) >= 11 is 0. The van der Waals surface area contributed by atoms with Crippen molar-refractivity contribution in [2.75, 3.05) is 23.9 Å². The molecule has 9 heteroatoms. The number of benzene rings is 1. The van der Waals surface area contributed by atoms with Crippen molar-refractivity contribution in [2.45, 2.75) is 38.6 Å². The molecule has 1 unspecified atom stereocenters. The van der Waals surface area contributed by atoms with Crippen molar-refractivity contribution >= 4 is 28.7 Å². The van der Waals surface area contributed by atoms with Gasteiger partial charge in [-0.1, -0.05) is 13.8 Å². The zero-order chi connectivity index (χ0) is 24.5. The van der Waals surface area contributed by atoms with Crippen LogP contribution in [0.4, 0.5) is 17.3 Å². The van der Waals surface area contributed by atoms with Gasteiger partial charge in [-0.05, 0) is 49.1 Å². The first-order chi connectivity index (χ1) is 16.9. The van der Waals surface area contributed by atoms with Crippen molar-refractivity contribution in [1.29, 1.82) is 0 Å². The lowest BCUT2D eigenvalue weighted by Gasteiger charge is -2.30. The summed E-state index contributed by atoms with van der Waals surface area (Å²) in [7, 11) is 1.60. The molecule has 9 nitrogen and oxygen atoms in total. The summed E-state index contributed by atoms with van der Waals surface area (Å²) in [6.07, 6.45) is 7.18. The summed E-state index contributed by atoms with van der Waals surface area (Å²) in [5.41, 5.74) is 11.5. The van der Waals surface area contributed by atoms with E-state index >= 15 is 0 Å². The predicted octanol–water partition coefficient (Wildman–Crippen LogP) is 4.12. The lowest BCUT2D eigenvalue weighted by molar-refractivity contribution is -0.120. The summed E-state index contributed by atoms with van der Waals surface area (Å²) in [6.45, 7) is 4.96. The number of piperidine rings is 1. The Morgan fingerprint density at radius 2 is 2.06 bits per heavy atom. The first-order valence-corrected chi connectivity index (χ1v) is 11.8. The Kier molecular flexibility index (Phi) is 6.08. The second-order valence-corrected chi connectivity index (χ2v) is 9.01. The van der Waals surface area contributed by atoms with Gasteiger partial charge in [-0.3, -0.25) is 4.79 Å². The second kappa shape index (κ2) is 9.34. The highest BCUT2D eigenvalue weighted by atomic mass is 16.5. The van der Waals surface area contributed by atoms with Crippen molar-refractivity contribution in [3.8, 4) is 17.0 Å². The zero-order valence-electron chi connectivity index (χ0n) is 20.1. The number of fused-ring (bicyclic) bond motifs is 1. The first-order valence-electron chi connectivity index (χ1n) is 11.8. The van der Waals surface area contributed by atoms with Gasteiger partial charge in [-0.2, -0.15) is 5.10 Å². The van der Waals surface area contributed by atoms with Crippen LogP contribution in [0.1, 0.15) is 38.2 Å². The molecular formula is C26H29N7O2.